The number of carbonyl (C=O) groups is 2. The molecule has 1 aliphatic carbocycles. The SMILES string of the molecule is CCC(=O)N1c2ccccc2[C@H](NC2CCC(NC(=O)OC(C)(C)C)CC2)C[C@@H]1C. The second kappa shape index (κ2) is 9.38. The lowest BCUT2D eigenvalue weighted by Crippen LogP contribution is -2.48. The second-order valence-corrected chi connectivity index (χ2v) is 9.67. The number of hydrogen-bond donors (Lipinski definition) is 2. The van der Waals surface area contributed by atoms with Crippen LogP contribution in [0, 0.1) is 0 Å². The van der Waals surface area contributed by atoms with Crippen molar-refractivity contribution in [3.63, 3.8) is 0 Å². The van der Waals surface area contributed by atoms with Gasteiger partial charge < -0.3 is 20.3 Å². The fraction of sp³-hybridized carbons (Fsp3) is 0.667. The molecule has 1 aromatic rings. The van der Waals surface area contributed by atoms with Gasteiger partial charge in [0.25, 0.3) is 0 Å². The van der Waals surface area contributed by atoms with Crippen molar-refractivity contribution in [2.24, 2.45) is 0 Å². The normalized spacial score (nSPS) is 26.6. The van der Waals surface area contributed by atoms with Gasteiger partial charge in [0.15, 0.2) is 0 Å². The van der Waals surface area contributed by atoms with E-state index in [9.17, 15) is 9.59 Å². The van der Waals surface area contributed by atoms with E-state index in [-0.39, 0.29) is 30.1 Å². The van der Waals surface area contributed by atoms with Crippen molar-refractivity contribution in [2.75, 3.05) is 4.90 Å². The molecule has 6 heteroatoms. The van der Waals surface area contributed by atoms with Gasteiger partial charge in [-0.05, 0) is 71.4 Å². The van der Waals surface area contributed by atoms with E-state index in [2.05, 4.69) is 35.8 Å². The molecule has 1 heterocycles. The molecule has 2 N–H and O–H groups in total. The van der Waals surface area contributed by atoms with Crippen LogP contribution in [0.25, 0.3) is 0 Å². The number of nitrogens with one attached hydrogen (secondary N) is 2. The van der Waals surface area contributed by atoms with Crippen LogP contribution in [0.1, 0.15) is 84.7 Å². The smallest absolute Gasteiger partial charge is 0.407 e. The molecule has 1 fully saturated rings. The molecule has 6 nitrogen and oxygen atoms in total. The van der Waals surface area contributed by atoms with Crippen LogP contribution >= 0.6 is 0 Å². The Bertz CT molecular complexity index is 750. The Morgan fingerprint density at radius 1 is 1.10 bits per heavy atom. The largest absolute Gasteiger partial charge is 0.444 e. The molecule has 2 amide bonds. The summed E-state index contributed by atoms with van der Waals surface area (Å²) in [7, 11) is 0. The van der Waals surface area contributed by atoms with Gasteiger partial charge in [0.1, 0.15) is 5.60 Å². The molecular formula is C24H37N3O3. The van der Waals surface area contributed by atoms with Gasteiger partial charge in [-0.2, -0.15) is 0 Å². The van der Waals surface area contributed by atoms with Crippen LogP contribution in [0.3, 0.4) is 0 Å². The standard InChI is InChI=1S/C24H37N3O3/c1-6-22(28)27-16(2)15-20(19-9-7-8-10-21(19)27)25-17-11-13-18(14-12-17)26-23(29)30-24(3,4)5/h7-10,16-18,20,25H,6,11-15H2,1-5H3,(H,26,29)/t16-,17?,18?,20+/m0/s1. The lowest BCUT2D eigenvalue weighted by atomic mass is 9.87. The Hall–Kier alpha value is -2.08. The maximum Gasteiger partial charge on any atom is 0.407 e. The number of nitrogens with zero attached hydrogens (tertiary/aromatic N) is 1. The van der Waals surface area contributed by atoms with Crippen LogP contribution in [-0.4, -0.2) is 35.7 Å². The highest BCUT2D eigenvalue weighted by Gasteiger charge is 2.34. The number of amides is 2. The molecule has 0 spiro atoms. The van der Waals surface area contributed by atoms with Gasteiger partial charge >= 0.3 is 6.09 Å². The minimum Gasteiger partial charge on any atom is -0.444 e. The lowest BCUT2D eigenvalue weighted by Gasteiger charge is -2.41. The summed E-state index contributed by atoms with van der Waals surface area (Å²) in [4.78, 5) is 26.5. The van der Waals surface area contributed by atoms with Gasteiger partial charge in [-0.1, -0.05) is 25.1 Å². The van der Waals surface area contributed by atoms with E-state index in [0.29, 0.717) is 12.5 Å². The van der Waals surface area contributed by atoms with Crippen LogP contribution in [0.15, 0.2) is 24.3 Å². The number of benzene rings is 1. The summed E-state index contributed by atoms with van der Waals surface area (Å²) in [5.41, 5.74) is 1.79. The zero-order valence-corrected chi connectivity index (χ0v) is 19.0. The number of rotatable bonds is 4. The monoisotopic (exact) mass is 415 g/mol. The highest BCUT2D eigenvalue weighted by molar-refractivity contribution is 5.95. The van der Waals surface area contributed by atoms with Crippen LogP contribution in [0.5, 0.6) is 0 Å². The molecule has 0 saturated heterocycles. The van der Waals surface area contributed by atoms with E-state index < -0.39 is 5.60 Å². The lowest BCUT2D eigenvalue weighted by molar-refractivity contribution is -0.118. The number of fused-ring (bicyclic) bond motifs is 1. The maximum atomic E-state index is 12.5. The maximum absolute atomic E-state index is 12.5. The van der Waals surface area contributed by atoms with Crippen molar-refractivity contribution in [3.8, 4) is 0 Å². The third-order valence-electron chi connectivity index (χ3n) is 6.05. The number of para-hydroxylation sites is 1. The number of hydrogen-bond acceptors (Lipinski definition) is 4. The first-order valence-electron chi connectivity index (χ1n) is 11.3. The summed E-state index contributed by atoms with van der Waals surface area (Å²) < 4.78 is 5.38. The molecule has 1 aromatic carbocycles. The molecule has 1 aliphatic heterocycles. The van der Waals surface area contributed by atoms with E-state index in [4.69, 9.17) is 4.74 Å². The summed E-state index contributed by atoms with van der Waals surface area (Å²) in [6, 6.07) is 9.29. The average Bonchev–Trinajstić information content (AvgIpc) is 2.67. The highest BCUT2D eigenvalue weighted by Crippen LogP contribution is 2.38. The van der Waals surface area contributed by atoms with Crippen molar-refractivity contribution in [2.45, 2.75) is 103 Å². The van der Waals surface area contributed by atoms with Crippen molar-refractivity contribution in [3.05, 3.63) is 29.8 Å². The predicted molar refractivity (Wildman–Crippen MR) is 120 cm³/mol. The quantitative estimate of drug-likeness (QED) is 0.748. The Balaban J connectivity index is 1.58. The molecule has 166 valence electrons. The minimum absolute atomic E-state index is 0.174. The van der Waals surface area contributed by atoms with Gasteiger partial charge in [-0.25, -0.2) is 4.79 Å². The number of carbonyl (C=O) groups excluding carboxylic acids is 2. The van der Waals surface area contributed by atoms with E-state index in [0.717, 1.165) is 37.8 Å². The predicted octanol–water partition coefficient (Wildman–Crippen LogP) is 4.69. The second-order valence-electron chi connectivity index (χ2n) is 9.67. The first-order chi connectivity index (χ1) is 14.2. The first kappa shape index (κ1) is 22.6. The highest BCUT2D eigenvalue weighted by atomic mass is 16.6. The van der Waals surface area contributed by atoms with E-state index in [1.54, 1.807) is 0 Å². The van der Waals surface area contributed by atoms with E-state index >= 15 is 0 Å². The fourth-order valence-corrected chi connectivity index (χ4v) is 4.68. The summed E-state index contributed by atoms with van der Waals surface area (Å²) in [5, 5.41) is 6.87. The minimum atomic E-state index is -0.471. The number of ether oxygens (including phenoxy) is 1. The fourth-order valence-electron chi connectivity index (χ4n) is 4.68. The summed E-state index contributed by atoms with van der Waals surface area (Å²) in [6.45, 7) is 9.70. The van der Waals surface area contributed by atoms with E-state index in [1.165, 1.54) is 5.56 Å². The van der Waals surface area contributed by atoms with Crippen LogP contribution in [0.2, 0.25) is 0 Å². The van der Waals surface area contributed by atoms with Crippen molar-refractivity contribution < 1.29 is 14.3 Å². The number of anilines is 1. The van der Waals surface area contributed by atoms with Gasteiger partial charge in [0.05, 0.1) is 0 Å². The van der Waals surface area contributed by atoms with Gasteiger partial charge in [-0.15, -0.1) is 0 Å². The van der Waals surface area contributed by atoms with E-state index in [1.807, 2.05) is 38.7 Å². The van der Waals surface area contributed by atoms with Crippen molar-refractivity contribution >= 4 is 17.7 Å². The average molecular weight is 416 g/mol. The van der Waals surface area contributed by atoms with Crippen LogP contribution < -0.4 is 15.5 Å². The third kappa shape index (κ3) is 5.54. The Labute approximate surface area is 180 Å². The Morgan fingerprint density at radius 2 is 1.73 bits per heavy atom. The molecule has 3 rings (SSSR count). The Morgan fingerprint density at radius 3 is 2.37 bits per heavy atom. The summed E-state index contributed by atoms with van der Waals surface area (Å²) >= 11 is 0. The summed E-state index contributed by atoms with van der Waals surface area (Å²) in [6.07, 6.45) is 5.04. The molecular weight excluding hydrogens is 378 g/mol. The molecule has 0 bridgehead atoms. The molecule has 0 aromatic heterocycles. The van der Waals surface area contributed by atoms with Crippen molar-refractivity contribution in [1.82, 2.24) is 10.6 Å². The molecule has 1 saturated carbocycles. The number of alkyl carbamates (subject to hydrolysis) is 1. The molecule has 0 unspecified atom stereocenters. The zero-order valence-electron chi connectivity index (χ0n) is 19.0. The van der Waals surface area contributed by atoms with Gasteiger partial charge in [0.2, 0.25) is 5.91 Å². The van der Waals surface area contributed by atoms with Crippen LogP contribution in [0.4, 0.5) is 10.5 Å². The molecule has 2 atom stereocenters. The van der Waals surface area contributed by atoms with Crippen molar-refractivity contribution in [1.29, 1.82) is 0 Å². The topological polar surface area (TPSA) is 70.7 Å². The third-order valence-corrected chi connectivity index (χ3v) is 6.05. The first-order valence-corrected chi connectivity index (χ1v) is 11.3. The molecule has 30 heavy (non-hydrogen) atoms. The van der Waals surface area contributed by atoms with Gasteiger partial charge in [-0.3, -0.25) is 4.79 Å². The Kier molecular flexibility index (Phi) is 7.06. The zero-order chi connectivity index (χ0) is 21.9. The molecule has 2 aliphatic rings. The van der Waals surface area contributed by atoms with Crippen LogP contribution in [-0.2, 0) is 9.53 Å². The molecule has 0 radical (unpaired) electrons. The van der Waals surface area contributed by atoms with Gasteiger partial charge in [0, 0.05) is 36.3 Å². The summed E-state index contributed by atoms with van der Waals surface area (Å²) in [5.74, 6) is 0.183.